The molecule has 28 heavy (non-hydrogen) atoms. The third-order valence-electron chi connectivity index (χ3n) is 5.09. The number of aromatic carboxylic acids is 2. The SMILES string of the molecule is O=C([O-])c1ccc2c3cccc4cccc(c5ccc(C(=O)[O-])c1c25)c43.[K+].[K+]. The number of carboxylic acid groups (broad SMARTS) is 2. The van der Waals surface area contributed by atoms with E-state index in [1.54, 1.807) is 12.1 Å². The van der Waals surface area contributed by atoms with E-state index in [0.717, 1.165) is 32.3 Å². The number of hydrogen-bond acceptors (Lipinski definition) is 4. The van der Waals surface area contributed by atoms with Crippen LogP contribution in [0.15, 0.2) is 60.7 Å². The Morgan fingerprint density at radius 1 is 0.536 bits per heavy atom. The predicted molar refractivity (Wildman–Crippen MR) is 96.3 cm³/mol. The second-order valence-corrected chi connectivity index (χ2v) is 6.36. The summed E-state index contributed by atoms with van der Waals surface area (Å²) in [6, 6.07) is 18.1. The van der Waals surface area contributed by atoms with Crippen molar-refractivity contribution in [3.8, 4) is 0 Å². The second-order valence-electron chi connectivity index (χ2n) is 6.36. The van der Waals surface area contributed by atoms with Crippen molar-refractivity contribution in [2.45, 2.75) is 0 Å². The van der Waals surface area contributed by atoms with Crippen molar-refractivity contribution in [2.24, 2.45) is 0 Å². The Labute approximate surface area is 245 Å². The van der Waals surface area contributed by atoms with Crippen LogP contribution in [-0.2, 0) is 0 Å². The van der Waals surface area contributed by atoms with Crippen LogP contribution in [-0.4, -0.2) is 11.9 Å². The number of rotatable bonds is 2. The summed E-state index contributed by atoms with van der Waals surface area (Å²) in [5.74, 6) is -2.82. The van der Waals surface area contributed by atoms with Gasteiger partial charge in [0.2, 0.25) is 0 Å². The standard InChI is InChI=1S/C22H12O4.2K/c23-21(24)16-9-7-14-12-5-1-3-11-4-2-6-13(18(11)12)15-8-10-17(22(25)26)20(16)19(14)15;;/h1-10H,(H,23,24)(H,25,26);;/q;2*+1/p-2. The first-order valence-electron chi connectivity index (χ1n) is 8.13. The quantitative estimate of drug-likeness (QED) is 0.170. The zero-order valence-corrected chi connectivity index (χ0v) is 21.7. The molecule has 5 aromatic rings. The van der Waals surface area contributed by atoms with Gasteiger partial charge in [-0.2, -0.15) is 0 Å². The Morgan fingerprint density at radius 2 is 0.964 bits per heavy atom. The number of carbonyl (C=O) groups excluding carboxylic acids is 2. The van der Waals surface area contributed by atoms with Gasteiger partial charge in [-0.05, 0) is 37.7 Å². The summed E-state index contributed by atoms with van der Waals surface area (Å²) in [6.07, 6.45) is 0. The Kier molecular flexibility index (Phi) is 6.68. The van der Waals surface area contributed by atoms with Gasteiger partial charge in [0.25, 0.3) is 0 Å². The van der Waals surface area contributed by atoms with Crippen LogP contribution in [0.1, 0.15) is 20.7 Å². The number of carboxylic acids is 2. The van der Waals surface area contributed by atoms with Gasteiger partial charge in [-0.25, -0.2) is 0 Å². The van der Waals surface area contributed by atoms with Crippen molar-refractivity contribution in [3.05, 3.63) is 71.8 Å². The van der Waals surface area contributed by atoms with E-state index < -0.39 is 11.9 Å². The molecule has 0 spiro atoms. The number of carbonyl (C=O) groups is 2. The molecule has 5 aromatic carbocycles. The molecule has 4 nitrogen and oxygen atoms in total. The van der Waals surface area contributed by atoms with E-state index >= 15 is 0 Å². The average Bonchev–Trinajstić information content (AvgIpc) is 2.64. The van der Waals surface area contributed by atoms with Gasteiger partial charge in [0.1, 0.15) is 0 Å². The zero-order valence-electron chi connectivity index (χ0n) is 15.4. The molecule has 0 N–H and O–H groups in total. The van der Waals surface area contributed by atoms with Crippen LogP contribution in [0.5, 0.6) is 0 Å². The van der Waals surface area contributed by atoms with Crippen LogP contribution in [0.3, 0.4) is 0 Å². The van der Waals surface area contributed by atoms with Gasteiger partial charge in [0, 0.05) is 16.5 Å². The van der Waals surface area contributed by atoms with Crippen molar-refractivity contribution in [3.63, 3.8) is 0 Å². The molecule has 0 heterocycles. The predicted octanol–water partition coefficient (Wildman–Crippen LogP) is -3.53. The molecule has 6 heteroatoms. The van der Waals surface area contributed by atoms with E-state index in [0.29, 0.717) is 5.39 Å². The van der Waals surface area contributed by atoms with Gasteiger partial charge < -0.3 is 19.8 Å². The Morgan fingerprint density at radius 3 is 1.39 bits per heavy atom. The van der Waals surface area contributed by atoms with Gasteiger partial charge in [0.15, 0.2) is 0 Å². The normalized spacial score (nSPS) is 10.9. The largest absolute Gasteiger partial charge is 1.00 e. The molecule has 124 valence electrons. The minimum Gasteiger partial charge on any atom is -0.545 e. The fraction of sp³-hybridized carbons (Fsp3) is 0. The molecule has 0 amide bonds. The maximum absolute atomic E-state index is 11.6. The van der Waals surface area contributed by atoms with E-state index in [9.17, 15) is 19.8 Å². The molecule has 0 aromatic heterocycles. The number of benzene rings is 5. The fourth-order valence-electron chi connectivity index (χ4n) is 4.07. The molecule has 0 aliphatic heterocycles. The molecule has 5 rings (SSSR count). The monoisotopic (exact) mass is 416 g/mol. The smallest absolute Gasteiger partial charge is 0.545 e. The maximum atomic E-state index is 11.6. The van der Waals surface area contributed by atoms with Crippen LogP contribution < -0.4 is 113 Å². The molecular formula is C22H10K2O4. The Balaban J connectivity index is 0.00000112. The minimum absolute atomic E-state index is 0. The molecule has 0 saturated heterocycles. The van der Waals surface area contributed by atoms with Gasteiger partial charge in [-0.15, -0.1) is 0 Å². The summed E-state index contributed by atoms with van der Waals surface area (Å²) in [4.78, 5) is 23.3. The van der Waals surface area contributed by atoms with E-state index in [2.05, 4.69) is 0 Å². The van der Waals surface area contributed by atoms with Gasteiger partial charge in [-0.1, -0.05) is 60.7 Å². The summed E-state index contributed by atoms with van der Waals surface area (Å²) >= 11 is 0. The van der Waals surface area contributed by atoms with Gasteiger partial charge in [-0.3, -0.25) is 0 Å². The van der Waals surface area contributed by atoms with Crippen molar-refractivity contribution in [1.82, 2.24) is 0 Å². The van der Waals surface area contributed by atoms with E-state index in [1.807, 2.05) is 36.4 Å². The van der Waals surface area contributed by atoms with Crippen molar-refractivity contribution >= 4 is 55.0 Å². The fourth-order valence-corrected chi connectivity index (χ4v) is 4.07. The molecule has 0 bridgehead atoms. The van der Waals surface area contributed by atoms with E-state index in [-0.39, 0.29) is 119 Å². The summed E-state index contributed by atoms with van der Waals surface area (Å²) in [5, 5.41) is 29.7. The van der Waals surface area contributed by atoms with Crippen molar-refractivity contribution in [1.29, 1.82) is 0 Å². The third-order valence-corrected chi connectivity index (χ3v) is 5.09. The molecule has 0 atom stereocenters. The molecule has 0 saturated carbocycles. The van der Waals surface area contributed by atoms with Crippen LogP contribution in [0.2, 0.25) is 0 Å². The Hall–Kier alpha value is -0.387. The van der Waals surface area contributed by atoms with Crippen LogP contribution >= 0.6 is 0 Å². The van der Waals surface area contributed by atoms with Crippen molar-refractivity contribution in [2.75, 3.05) is 0 Å². The zero-order chi connectivity index (χ0) is 18.0. The third kappa shape index (κ3) is 3.20. The molecular weight excluding hydrogens is 406 g/mol. The van der Waals surface area contributed by atoms with Gasteiger partial charge in [0.05, 0.1) is 11.9 Å². The van der Waals surface area contributed by atoms with Crippen LogP contribution in [0, 0.1) is 0 Å². The number of hydrogen-bond donors (Lipinski definition) is 0. The molecule has 0 aliphatic carbocycles. The van der Waals surface area contributed by atoms with Gasteiger partial charge >= 0.3 is 103 Å². The molecule has 0 fully saturated rings. The Bertz CT molecular complexity index is 1290. The second kappa shape index (κ2) is 8.39. The molecule has 0 unspecified atom stereocenters. The van der Waals surface area contributed by atoms with E-state index in [4.69, 9.17) is 0 Å². The first-order valence-corrected chi connectivity index (χ1v) is 8.13. The summed E-state index contributed by atoms with van der Waals surface area (Å²) in [5.41, 5.74) is -0.285. The number of fused-ring (bicyclic) bond motifs is 2. The molecule has 0 radical (unpaired) electrons. The van der Waals surface area contributed by atoms with E-state index in [1.165, 1.54) is 12.1 Å². The van der Waals surface area contributed by atoms with Crippen LogP contribution in [0.4, 0.5) is 0 Å². The summed E-state index contributed by atoms with van der Waals surface area (Å²) < 4.78 is 0. The minimum atomic E-state index is -1.41. The first kappa shape index (κ1) is 22.3. The summed E-state index contributed by atoms with van der Waals surface area (Å²) in [7, 11) is 0. The summed E-state index contributed by atoms with van der Waals surface area (Å²) in [6.45, 7) is 0. The molecule has 0 aliphatic rings. The van der Waals surface area contributed by atoms with Crippen molar-refractivity contribution < 1.29 is 123 Å². The average molecular weight is 417 g/mol. The van der Waals surface area contributed by atoms with Crippen LogP contribution in [0.25, 0.3) is 43.1 Å². The first-order chi connectivity index (χ1) is 12.6. The topological polar surface area (TPSA) is 80.3 Å². The maximum Gasteiger partial charge on any atom is 1.00 e.